The molecule has 0 radical (unpaired) electrons. The Kier molecular flexibility index (Phi) is 4.63. The van der Waals surface area contributed by atoms with Gasteiger partial charge in [-0.05, 0) is 29.6 Å². The van der Waals surface area contributed by atoms with Gasteiger partial charge in [0.2, 0.25) is 11.8 Å². The molecular formula is C25H27N3O5. The number of ether oxygens (including phenoxy) is 2. The lowest BCUT2D eigenvalue weighted by atomic mass is 10.0. The molecule has 2 aromatic carbocycles. The van der Waals surface area contributed by atoms with E-state index in [1.54, 1.807) is 0 Å². The molecule has 2 fully saturated rings. The Morgan fingerprint density at radius 3 is 2.64 bits per heavy atom. The molecule has 1 unspecified atom stereocenters. The number of hydrogen-bond donors (Lipinski definition) is 1. The van der Waals surface area contributed by atoms with E-state index in [4.69, 9.17) is 16.3 Å². The van der Waals surface area contributed by atoms with E-state index in [-0.39, 0.29) is 30.8 Å². The SMILES string of the molecule is [2H]c1c([2H])c(OCc2ccc(CN3CCOCC3)cc2)c2c(c1[2H])C(=O)N(C1CCC(=O)NC1=O)C2([2H])[2H]. The highest BCUT2D eigenvalue weighted by atomic mass is 16.5. The minimum absolute atomic E-state index is 0.0599. The van der Waals surface area contributed by atoms with Crippen LogP contribution < -0.4 is 10.1 Å². The average molecular weight is 455 g/mol. The van der Waals surface area contributed by atoms with Crippen LogP contribution in [0.4, 0.5) is 0 Å². The van der Waals surface area contributed by atoms with Crippen molar-refractivity contribution in [3.63, 3.8) is 0 Å². The number of fused-ring (bicyclic) bond motifs is 1. The first-order chi connectivity index (χ1) is 18.1. The molecule has 8 heteroatoms. The van der Waals surface area contributed by atoms with Crippen molar-refractivity contribution >= 4 is 17.7 Å². The van der Waals surface area contributed by atoms with E-state index >= 15 is 0 Å². The Morgan fingerprint density at radius 1 is 1.12 bits per heavy atom. The summed E-state index contributed by atoms with van der Waals surface area (Å²) in [6, 6.07) is 4.65. The number of amides is 3. The van der Waals surface area contributed by atoms with Crippen LogP contribution in [0.1, 0.15) is 46.7 Å². The summed E-state index contributed by atoms with van der Waals surface area (Å²) >= 11 is 0. The maximum Gasteiger partial charge on any atom is 0.255 e. The summed E-state index contributed by atoms with van der Waals surface area (Å²) < 4.78 is 53.6. The maximum absolute atomic E-state index is 13.3. The molecule has 172 valence electrons. The van der Waals surface area contributed by atoms with Crippen LogP contribution >= 0.6 is 0 Å². The van der Waals surface area contributed by atoms with Gasteiger partial charge in [0.25, 0.3) is 5.91 Å². The maximum atomic E-state index is 13.3. The number of nitrogens with one attached hydrogen (secondary N) is 1. The number of carbonyl (C=O) groups is 3. The number of benzene rings is 2. The molecule has 0 bridgehead atoms. The molecule has 1 N–H and O–H groups in total. The van der Waals surface area contributed by atoms with Crippen LogP contribution in [-0.2, 0) is 34.0 Å². The lowest BCUT2D eigenvalue weighted by Gasteiger charge is -2.29. The highest BCUT2D eigenvalue weighted by Crippen LogP contribution is 2.34. The van der Waals surface area contributed by atoms with Gasteiger partial charge in [-0.3, -0.25) is 24.6 Å². The van der Waals surface area contributed by atoms with Crippen LogP contribution in [0.15, 0.2) is 42.4 Å². The fourth-order valence-electron chi connectivity index (χ4n) is 4.12. The third-order valence-electron chi connectivity index (χ3n) is 5.94. The Labute approximate surface area is 199 Å². The summed E-state index contributed by atoms with van der Waals surface area (Å²) in [4.78, 5) is 40.4. The van der Waals surface area contributed by atoms with Crippen LogP contribution in [0, 0.1) is 0 Å². The van der Waals surface area contributed by atoms with Crippen molar-refractivity contribution < 1.29 is 30.7 Å². The molecule has 0 aromatic heterocycles. The zero-order valence-electron chi connectivity index (χ0n) is 23.0. The number of carbonyl (C=O) groups excluding carboxylic acids is 3. The normalized spacial score (nSPS) is 24.8. The monoisotopic (exact) mass is 454 g/mol. The van der Waals surface area contributed by atoms with Crippen LogP contribution in [-0.4, -0.2) is 59.9 Å². The molecule has 3 aliphatic heterocycles. The minimum atomic E-state index is -2.61. The summed E-state index contributed by atoms with van der Waals surface area (Å²) in [5, 5.41) is 2.12. The highest BCUT2D eigenvalue weighted by Gasteiger charge is 2.40. The Bertz CT molecular complexity index is 1300. The molecule has 0 spiro atoms. The smallest absolute Gasteiger partial charge is 0.255 e. The van der Waals surface area contributed by atoms with Crippen molar-refractivity contribution in [1.82, 2.24) is 15.1 Å². The molecule has 3 heterocycles. The van der Waals surface area contributed by atoms with Crippen LogP contribution in [0.5, 0.6) is 5.75 Å². The number of piperidine rings is 1. The molecule has 0 aliphatic carbocycles. The van der Waals surface area contributed by atoms with E-state index in [9.17, 15) is 14.4 Å². The number of rotatable bonds is 6. The van der Waals surface area contributed by atoms with Gasteiger partial charge in [-0.25, -0.2) is 0 Å². The second-order valence-corrected chi connectivity index (χ2v) is 8.20. The lowest BCUT2D eigenvalue weighted by Crippen LogP contribution is -2.52. The van der Waals surface area contributed by atoms with Gasteiger partial charge in [0.15, 0.2) is 0 Å². The van der Waals surface area contributed by atoms with E-state index in [1.807, 2.05) is 24.3 Å². The van der Waals surface area contributed by atoms with Gasteiger partial charge >= 0.3 is 0 Å². The van der Waals surface area contributed by atoms with Gasteiger partial charge in [-0.1, -0.05) is 30.3 Å². The summed E-state index contributed by atoms with van der Waals surface area (Å²) in [5.41, 5.74) is 1.09. The van der Waals surface area contributed by atoms with Crippen LogP contribution in [0.2, 0.25) is 0 Å². The van der Waals surface area contributed by atoms with E-state index in [0.29, 0.717) is 18.1 Å². The Morgan fingerprint density at radius 2 is 1.88 bits per heavy atom. The average Bonchev–Trinajstić information content (AvgIpc) is 3.09. The third kappa shape index (κ3) is 4.62. The number of imide groups is 1. The molecule has 1 atom stereocenters. The molecule has 2 saturated heterocycles. The van der Waals surface area contributed by atoms with Crippen molar-refractivity contribution in [2.75, 3.05) is 26.3 Å². The van der Waals surface area contributed by atoms with Crippen molar-refractivity contribution in [2.45, 2.75) is 38.5 Å². The lowest BCUT2D eigenvalue weighted by molar-refractivity contribution is -0.136. The summed E-state index contributed by atoms with van der Waals surface area (Å²) in [5.74, 6) is -2.59. The molecule has 33 heavy (non-hydrogen) atoms. The minimum Gasteiger partial charge on any atom is -0.489 e. The second-order valence-electron chi connectivity index (χ2n) is 8.20. The fourth-order valence-corrected chi connectivity index (χ4v) is 4.12. The predicted molar refractivity (Wildman–Crippen MR) is 119 cm³/mol. The zero-order valence-corrected chi connectivity index (χ0v) is 18.0. The Hall–Kier alpha value is -3.23. The number of morpholine rings is 1. The van der Waals surface area contributed by atoms with E-state index in [0.717, 1.165) is 30.8 Å². The molecule has 2 aromatic rings. The highest BCUT2D eigenvalue weighted by molar-refractivity contribution is 6.05. The van der Waals surface area contributed by atoms with Crippen LogP contribution in [0.3, 0.4) is 0 Å². The van der Waals surface area contributed by atoms with Gasteiger partial charge in [0.1, 0.15) is 18.4 Å². The standard InChI is InChI=1S/C25H27N3O5/c29-23-9-8-21(24(30)26-23)28-15-20-19(25(28)31)2-1-3-22(20)33-16-18-6-4-17(5-7-18)14-27-10-12-32-13-11-27/h1-7,21H,8-16H2,(H,26,29,30)/i1D,2D,3D,15D2. The largest absolute Gasteiger partial charge is 0.489 e. The van der Waals surface area contributed by atoms with Crippen molar-refractivity contribution in [3.05, 3.63) is 64.6 Å². The molecule has 0 saturated carbocycles. The quantitative estimate of drug-likeness (QED) is 0.671. The van der Waals surface area contributed by atoms with Crippen molar-refractivity contribution in [1.29, 1.82) is 0 Å². The first-order valence-corrected chi connectivity index (χ1v) is 10.9. The predicted octanol–water partition coefficient (Wildman–Crippen LogP) is 1.86. The van der Waals surface area contributed by atoms with Gasteiger partial charge in [0, 0.05) is 37.2 Å². The van der Waals surface area contributed by atoms with Gasteiger partial charge < -0.3 is 14.4 Å². The van der Waals surface area contributed by atoms with Gasteiger partial charge in [-0.2, -0.15) is 0 Å². The number of nitrogens with zero attached hydrogens (tertiary/aromatic N) is 2. The van der Waals surface area contributed by atoms with Crippen molar-refractivity contribution in [2.24, 2.45) is 0 Å². The first kappa shape index (κ1) is 16.4. The molecular weight excluding hydrogens is 422 g/mol. The topological polar surface area (TPSA) is 88.2 Å². The summed E-state index contributed by atoms with van der Waals surface area (Å²) in [6.07, 6.45) is -0.148. The third-order valence-corrected chi connectivity index (χ3v) is 5.94. The fraction of sp³-hybridized carbons (Fsp3) is 0.400. The molecule has 8 nitrogen and oxygen atoms in total. The zero-order chi connectivity index (χ0) is 27.2. The number of hydrogen-bond acceptors (Lipinski definition) is 6. The van der Waals surface area contributed by atoms with Crippen LogP contribution in [0.25, 0.3) is 0 Å². The molecule has 3 aliphatic rings. The second kappa shape index (κ2) is 9.33. The van der Waals surface area contributed by atoms with E-state index in [2.05, 4.69) is 10.2 Å². The van der Waals surface area contributed by atoms with Crippen molar-refractivity contribution in [3.8, 4) is 5.75 Å². The van der Waals surface area contributed by atoms with Gasteiger partial charge in [0.05, 0.1) is 26.6 Å². The first-order valence-electron chi connectivity index (χ1n) is 13.4. The summed E-state index contributed by atoms with van der Waals surface area (Å²) in [6.45, 7) is 1.25. The van der Waals surface area contributed by atoms with E-state index in [1.165, 1.54) is 0 Å². The molecule has 3 amide bonds. The summed E-state index contributed by atoms with van der Waals surface area (Å²) in [7, 11) is 0. The molecule has 5 rings (SSSR count). The Balaban J connectivity index is 1.41. The van der Waals surface area contributed by atoms with Gasteiger partial charge in [-0.15, -0.1) is 0 Å². The van der Waals surface area contributed by atoms with E-state index < -0.39 is 54.0 Å².